The summed E-state index contributed by atoms with van der Waals surface area (Å²) in [5, 5.41) is 20.2. The fraction of sp³-hybridized carbons (Fsp3) is 0.278. The Morgan fingerprint density at radius 3 is 2.75 bits per heavy atom. The summed E-state index contributed by atoms with van der Waals surface area (Å²) in [7, 11) is 0. The SMILES string of the molecule is Cc1nc(-c2cc(C#N)c3[nH]c(CC(C)C)cc3c2)sc1C(=O)O. The quantitative estimate of drug-likeness (QED) is 0.738. The van der Waals surface area contributed by atoms with Crippen LogP contribution in [0.5, 0.6) is 0 Å². The van der Waals surface area contributed by atoms with Crippen LogP contribution in [0.1, 0.15) is 40.5 Å². The summed E-state index contributed by atoms with van der Waals surface area (Å²) in [6, 6.07) is 8.00. The van der Waals surface area contributed by atoms with Crippen molar-refractivity contribution < 1.29 is 9.90 Å². The van der Waals surface area contributed by atoms with E-state index in [2.05, 4.69) is 36.0 Å². The van der Waals surface area contributed by atoms with Crippen molar-refractivity contribution in [2.24, 2.45) is 5.92 Å². The third-order valence-electron chi connectivity index (χ3n) is 3.77. The lowest BCUT2D eigenvalue weighted by Gasteiger charge is -2.00. The van der Waals surface area contributed by atoms with E-state index in [1.807, 2.05) is 6.07 Å². The van der Waals surface area contributed by atoms with E-state index in [4.69, 9.17) is 0 Å². The van der Waals surface area contributed by atoms with Crippen molar-refractivity contribution in [3.8, 4) is 16.6 Å². The second-order valence-corrected chi connectivity index (χ2v) is 7.23. The van der Waals surface area contributed by atoms with Crippen molar-refractivity contribution in [2.45, 2.75) is 27.2 Å². The van der Waals surface area contributed by atoms with Gasteiger partial charge in [-0.2, -0.15) is 5.26 Å². The minimum absolute atomic E-state index is 0.234. The first-order chi connectivity index (χ1) is 11.4. The van der Waals surface area contributed by atoms with Gasteiger partial charge in [-0.05, 0) is 37.5 Å². The van der Waals surface area contributed by atoms with E-state index >= 15 is 0 Å². The maximum atomic E-state index is 11.2. The normalized spacial score (nSPS) is 11.1. The molecule has 0 radical (unpaired) electrons. The van der Waals surface area contributed by atoms with Crippen LogP contribution in [-0.4, -0.2) is 21.0 Å². The largest absolute Gasteiger partial charge is 0.477 e. The average molecular weight is 339 g/mol. The van der Waals surface area contributed by atoms with Crippen molar-refractivity contribution in [1.82, 2.24) is 9.97 Å². The molecule has 2 heterocycles. The van der Waals surface area contributed by atoms with Crippen LogP contribution in [0.25, 0.3) is 21.5 Å². The topological polar surface area (TPSA) is 89.8 Å². The number of hydrogen-bond donors (Lipinski definition) is 2. The monoisotopic (exact) mass is 339 g/mol. The number of aromatic carboxylic acids is 1. The molecule has 3 aromatic rings. The van der Waals surface area contributed by atoms with E-state index in [0.29, 0.717) is 22.2 Å². The molecule has 0 unspecified atom stereocenters. The van der Waals surface area contributed by atoms with Gasteiger partial charge in [0, 0.05) is 16.6 Å². The smallest absolute Gasteiger partial charge is 0.347 e. The van der Waals surface area contributed by atoms with Crippen LogP contribution in [0.4, 0.5) is 0 Å². The number of rotatable bonds is 4. The third kappa shape index (κ3) is 2.91. The molecule has 0 atom stereocenters. The summed E-state index contributed by atoms with van der Waals surface area (Å²) in [4.78, 5) is 19.1. The van der Waals surface area contributed by atoms with Gasteiger partial charge < -0.3 is 10.1 Å². The molecule has 0 aliphatic rings. The summed E-state index contributed by atoms with van der Waals surface area (Å²) in [6.07, 6.45) is 0.911. The Kier molecular flexibility index (Phi) is 4.12. The maximum Gasteiger partial charge on any atom is 0.347 e. The highest BCUT2D eigenvalue weighted by molar-refractivity contribution is 7.17. The van der Waals surface area contributed by atoms with Gasteiger partial charge in [-0.1, -0.05) is 13.8 Å². The number of aromatic nitrogens is 2. The lowest BCUT2D eigenvalue weighted by molar-refractivity contribution is 0.0701. The van der Waals surface area contributed by atoms with Crippen LogP contribution in [0.2, 0.25) is 0 Å². The molecule has 5 nitrogen and oxygen atoms in total. The number of nitriles is 1. The van der Waals surface area contributed by atoms with Crippen LogP contribution in [-0.2, 0) is 6.42 Å². The molecule has 0 spiro atoms. The number of hydrogen-bond acceptors (Lipinski definition) is 4. The Balaban J connectivity index is 2.14. The second-order valence-electron chi connectivity index (χ2n) is 6.23. The summed E-state index contributed by atoms with van der Waals surface area (Å²) < 4.78 is 0. The lowest BCUT2D eigenvalue weighted by atomic mass is 10.1. The van der Waals surface area contributed by atoms with E-state index in [0.717, 1.165) is 39.9 Å². The average Bonchev–Trinajstić information content (AvgIpc) is 3.08. The minimum Gasteiger partial charge on any atom is -0.477 e. The van der Waals surface area contributed by atoms with Crippen LogP contribution in [0.15, 0.2) is 18.2 Å². The van der Waals surface area contributed by atoms with Gasteiger partial charge in [-0.25, -0.2) is 9.78 Å². The number of fused-ring (bicyclic) bond motifs is 1. The molecule has 122 valence electrons. The molecule has 3 rings (SSSR count). The molecule has 0 aliphatic carbocycles. The maximum absolute atomic E-state index is 11.2. The lowest BCUT2D eigenvalue weighted by Crippen LogP contribution is -1.94. The highest BCUT2D eigenvalue weighted by Crippen LogP contribution is 2.32. The summed E-state index contributed by atoms with van der Waals surface area (Å²) in [6.45, 7) is 5.98. The fourth-order valence-corrected chi connectivity index (χ4v) is 3.67. The number of aromatic amines is 1. The molecule has 0 amide bonds. The number of carboxylic acids is 1. The summed E-state index contributed by atoms with van der Waals surface area (Å²) >= 11 is 1.14. The molecule has 0 aliphatic heterocycles. The fourth-order valence-electron chi connectivity index (χ4n) is 2.78. The van der Waals surface area contributed by atoms with Crippen molar-refractivity contribution in [1.29, 1.82) is 5.26 Å². The number of carbonyl (C=O) groups is 1. The molecule has 2 N–H and O–H groups in total. The van der Waals surface area contributed by atoms with E-state index in [9.17, 15) is 15.2 Å². The zero-order valence-electron chi connectivity index (χ0n) is 13.7. The van der Waals surface area contributed by atoms with Gasteiger partial charge in [0.05, 0.1) is 16.8 Å². The van der Waals surface area contributed by atoms with E-state index < -0.39 is 5.97 Å². The number of nitrogens with zero attached hydrogens (tertiary/aromatic N) is 2. The first-order valence-electron chi connectivity index (χ1n) is 7.66. The highest BCUT2D eigenvalue weighted by Gasteiger charge is 2.17. The Morgan fingerprint density at radius 1 is 1.42 bits per heavy atom. The number of H-pyrrole nitrogens is 1. The van der Waals surface area contributed by atoms with Crippen molar-refractivity contribution in [3.05, 3.63) is 40.0 Å². The Morgan fingerprint density at radius 2 is 2.17 bits per heavy atom. The number of nitrogens with one attached hydrogen (secondary N) is 1. The molecule has 1 aromatic carbocycles. The number of thiazole rings is 1. The van der Waals surface area contributed by atoms with Gasteiger partial charge >= 0.3 is 5.97 Å². The van der Waals surface area contributed by atoms with E-state index in [-0.39, 0.29) is 4.88 Å². The Bertz CT molecular complexity index is 976. The first-order valence-corrected chi connectivity index (χ1v) is 8.47. The highest BCUT2D eigenvalue weighted by atomic mass is 32.1. The van der Waals surface area contributed by atoms with Gasteiger partial charge in [-0.15, -0.1) is 11.3 Å². The zero-order chi connectivity index (χ0) is 17.4. The van der Waals surface area contributed by atoms with Gasteiger partial charge in [-0.3, -0.25) is 0 Å². The van der Waals surface area contributed by atoms with Crippen LogP contribution < -0.4 is 0 Å². The predicted octanol–water partition coefficient (Wildman–Crippen LogP) is 4.37. The predicted molar refractivity (Wildman–Crippen MR) is 94.4 cm³/mol. The van der Waals surface area contributed by atoms with Crippen molar-refractivity contribution in [2.75, 3.05) is 0 Å². The molecule has 0 bridgehead atoms. The Labute approximate surface area is 143 Å². The Hall–Kier alpha value is -2.65. The molecule has 0 saturated heterocycles. The number of aryl methyl sites for hydroxylation is 1. The van der Waals surface area contributed by atoms with Gasteiger partial charge in [0.25, 0.3) is 0 Å². The minimum atomic E-state index is -0.973. The van der Waals surface area contributed by atoms with Crippen LogP contribution >= 0.6 is 11.3 Å². The standard InChI is InChI=1S/C18H17N3O2S/c1-9(2)4-14-7-11-5-12(6-13(8-19)15(11)21-14)17-20-10(3)16(24-17)18(22)23/h5-7,9,21H,4H2,1-3H3,(H,22,23). The molecule has 2 aromatic heterocycles. The van der Waals surface area contributed by atoms with Crippen LogP contribution in [0, 0.1) is 24.2 Å². The second kappa shape index (κ2) is 6.10. The molecular weight excluding hydrogens is 322 g/mol. The van der Waals surface area contributed by atoms with Gasteiger partial charge in [0.15, 0.2) is 0 Å². The summed E-state index contributed by atoms with van der Waals surface area (Å²) in [5.41, 5.74) is 3.73. The summed E-state index contributed by atoms with van der Waals surface area (Å²) in [5.74, 6) is -0.457. The first kappa shape index (κ1) is 16.2. The van der Waals surface area contributed by atoms with Crippen molar-refractivity contribution in [3.63, 3.8) is 0 Å². The van der Waals surface area contributed by atoms with Crippen molar-refractivity contribution >= 4 is 28.2 Å². The van der Waals surface area contributed by atoms with Gasteiger partial charge in [0.1, 0.15) is 16.0 Å². The molecule has 24 heavy (non-hydrogen) atoms. The zero-order valence-corrected chi connectivity index (χ0v) is 14.5. The van der Waals surface area contributed by atoms with Gasteiger partial charge in [0.2, 0.25) is 0 Å². The number of benzene rings is 1. The van der Waals surface area contributed by atoms with Crippen LogP contribution in [0.3, 0.4) is 0 Å². The van der Waals surface area contributed by atoms with E-state index in [1.165, 1.54) is 0 Å². The third-order valence-corrected chi connectivity index (χ3v) is 4.97. The molecule has 6 heteroatoms. The number of carboxylic acid groups (broad SMARTS) is 1. The van der Waals surface area contributed by atoms with E-state index in [1.54, 1.807) is 13.0 Å². The molecular formula is C18H17N3O2S. The molecule has 0 fully saturated rings. The molecule has 0 saturated carbocycles.